The van der Waals surface area contributed by atoms with Crippen LogP contribution in [0.5, 0.6) is 5.75 Å². The molecule has 0 bridgehead atoms. The van der Waals surface area contributed by atoms with E-state index in [0.717, 1.165) is 35.5 Å². The number of ether oxygens (including phenoxy) is 1. The zero-order chi connectivity index (χ0) is 20.3. The van der Waals surface area contributed by atoms with E-state index in [0.29, 0.717) is 0 Å². The average Bonchev–Trinajstić information content (AvgIpc) is 3.02. The van der Waals surface area contributed by atoms with Crippen molar-refractivity contribution >= 4 is 5.78 Å². The van der Waals surface area contributed by atoms with Gasteiger partial charge in [0.1, 0.15) is 11.8 Å². The van der Waals surface area contributed by atoms with E-state index in [1.807, 2.05) is 49.9 Å². The molecule has 0 fully saturated rings. The van der Waals surface area contributed by atoms with E-state index >= 15 is 0 Å². The molecular formula is C23H25N3O2. The summed E-state index contributed by atoms with van der Waals surface area (Å²) < 4.78 is 7.32. The smallest absolute Gasteiger partial charge is 0.178 e. The molecule has 0 spiro atoms. The van der Waals surface area contributed by atoms with Gasteiger partial charge in [-0.15, -0.1) is 0 Å². The molecule has 4 rings (SSSR count). The summed E-state index contributed by atoms with van der Waals surface area (Å²) in [5, 5.41) is 14.5. The Bertz CT molecular complexity index is 1050. The lowest BCUT2D eigenvalue weighted by atomic mass is 9.52. The normalized spacial score (nSPS) is 25.4. The largest absolute Gasteiger partial charge is 0.497 e. The molecular weight excluding hydrogens is 350 g/mol. The molecule has 0 N–H and O–H groups in total. The molecule has 1 unspecified atom stereocenters. The van der Waals surface area contributed by atoms with Gasteiger partial charge in [-0.05, 0) is 30.9 Å². The highest BCUT2D eigenvalue weighted by atomic mass is 16.5. The van der Waals surface area contributed by atoms with Crippen molar-refractivity contribution in [1.82, 2.24) is 9.78 Å². The fraction of sp³-hybridized carbons (Fsp3) is 0.435. The number of Topliss-reactive ketones (excluding diaryl/α,β-unsaturated/α-hetero) is 1. The van der Waals surface area contributed by atoms with E-state index in [-0.39, 0.29) is 17.3 Å². The summed E-state index contributed by atoms with van der Waals surface area (Å²) >= 11 is 0. The minimum atomic E-state index is -0.583. The van der Waals surface area contributed by atoms with Crippen molar-refractivity contribution in [3.63, 3.8) is 0 Å². The molecule has 1 aromatic heterocycles. The monoisotopic (exact) mass is 375 g/mol. The SMILES string of the molecule is COc1cccc(-c2c3c(nn2C)[C@@]2(C)C=C(C#N)C(=O)C(C)(C)C2CC3)c1. The number of aromatic nitrogens is 2. The summed E-state index contributed by atoms with van der Waals surface area (Å²) in [6.45, 7) is 6.07. The van der Waals surface area contributed by atoms with Gasteiger partial charge in [0.2, 0.25) is 0 Å². The van der Waals surface area contributed by atoms with E-state index in [1.165, 1.54) is 5.56 Å². The highest BCUT2D eigenvalue weighted by molar-refractivity contribution is 6.04. The second kappa shape index (κ2) is 6.07. The van der Waals surface area contributed by atoms with Crippen molar-refractivity contribution in [2.75, 3.05) is 7.11 Å². The first-order valence-electron chi connectivity index (χ1n) is 9.62. The number of nitriles is 1. The number of aryl methyl sites for hydroxylation is 1. The molecule has 1 aromatic carbocycles. The van der Waals surface area contributed by atoms with Gasteiger partial charge >= 0.3 is 0 Å². The standard InChI is InChI=1S/C23H25N3O2/c1-22(2)18-10-9-17-19(14-7-6-8-16(11-14)28-5)26(4)25-20(17)23(18,3)12-15(13-24)21(22)27/h6-8,11-12,18H,9-10H2,1-5H3/t18?,23-/m0/s1. The van der Waals surface area contributed by atoms with Gasteiger partial charge in [0.25, 0.3) is 0 Å². The average molecular weight is 375 g/mol. The van der Waals surface area contributed by atoms with Crippen molar-refractivity contribution in [1.29, 1.82) is 5.26 Å². The predicted octanol–water partition coefficient (Wildman–Crippen LogP) is 3.97. The number of ketones is 1. The Morgan fingerprint density at radius 1 is 1.32 bits per heavy atom. The molecule has 2 atom stereocenters. The Labute approximate surface area is 165 Å². The van der Waals surface area contributed by atoms with Crippen LogP contribution >= 0.6 is 0 Å². The maximum absolute atomic E-state index is 12.8. The third-order valence-electron chi connectivity index (χ3n) is 6.67. The van der Waals surface area contributed by atoms with E-state index in [1.54, 1.807) is 7.11 Å². The van der Waals surface area contributed by atoms with Gasteiger partial charge in [0.05, 0.1) is 24.1 Å². The molecule has 1 heterocycles. The second-order valence-electron chi connectivity index (χ2n) is 8.63. The number of allylic oxidation sites excluding steroid dienone is 2. The molecule has 0 aliphatic heterocycles. The van der Waals surface area contributed by atoms with E-state index in [4.69, 9.17) is 9.84 Å². The van der Waals surface area contributed by atoms with Crippen molar-refractivity contribution in [2.24, 2.45) is 18.4 Å². The zero-order valence-corrected chi connectivity index (χ0v) is 17.0. The van der Waals surface area contributed by atoms with E-state index < -0.39 is 10.8 Å². The van der Waals surface area contributed by atoms with Crippen molar-refractivity contribution in [3.05, 3.63) is 47.2 Å². The van der Waals surface area contributed by atoms with Gasteiger partial charge in [0.15, 0.2) is 5.78 Å². The van der Waals surface area contributed by atoms with Crippen molar-refractivity contribution < 1.29 is 9.53 Å². The summed E-state index contributed by atoms with van der Waals surface area (Å²) in [7, 11) is 3.62. The topological polar surface area (TPSA) is 67.9 Å². The van der Waals surface area contributed by atoms with Crippen LogP contribution in [0.25, 0.3) is 11.3 Å². The minimum absolute atomic E-state index is 0.0510. The fourth-order valence-corrected chi connectivity index (χ4v) is 5.36. The van der Waals surface area contributed by atoms with Crippen molar-refractivity contribution in [3.8, 4) is 23.1 Å². The highest BCUT2D eigenvalue weighted by Crippen LogP contribution is 2.55. The summed E-state index contributed by atoms with van der Waals surface area (Å²) in [5.41, 5.74) is 3.56. The molecule has 0 saturated carbocycles. The van der Waals surface area contributed by atoms with Crippen LogP contribution < -0.4 is 4.74 Å². The Hall–Kier alpha value is -2.87. The summed E-state index contributed by atoms with van der Waals surface area (Å²) in [6, 6.07) is 10.1. The van der Waals surface area contributed by atoms with Crippen LogP contribution in [0.3, 0.4) is 0 Å². The number of fused-ring (bicyclic) bond motifs is 3. The molecule has 0 saturated heterocycles. The Morgan fingerprint density at radius 2 is 2.07 bits per heavy atom. The molecule has 144 valence electrons. The first-order chi connectivity index (χ1) is 13.2. The second-order valence-corrected chi connectivity index (χ2v) is 8.63. The lowest BCUT2D eigenvalue weighted by Crippen LogP contribution is -2.51. The quantitative estimate of drug-likeness (QED) is 0.796. The lowest BCUT2D eigenvalue weighted by molar-refractivity contribution is -0.128. The van der Waals surface area contributed by atoms with Gasteiger partial charge in [0, 0.05) is 29.0 Å². The van der Waals surface area contributed by atoms with Crippen LogP contribution in [0.15, 0.2) is 35.9 Å². The summed E-state index contributed by atoms with van der Waals surface area (Å²) in [6.07, 6.45) is 3.62. The highest BCUT2D eigenvalue weighted by Gasteiger charge is 2.55. The molecule has 2 aliphatic carbocycles. The van der Waals surface area contributed by atoms with Crippen molar-refractivity contribution in [2.45, 2.75) is 39.0 Å². The minimum Gasteiger partial charge on any atom is -0.497 e. The molecule has 0 radical (unpaired) electrons. The van der Waals surface area contributed by atoms with Crippen LogP contribution in [-0.4, -0.2) is 22.7 Å². The number of benzene rings is 1. The van der Waals surface area contributed by atoms with Gasteiger partial charge in [-0.2, -0.15) is 10.4 Å². The first-order valence-corrected chi connectivity index (χ1v) is 9.62. The number of hydrogen-bond donors (Lipinski definition) is 0. The summed E-state index contributed by atoms with van der Waals surface area (Å²) in [5.74, 6) is 0.874. The maximum atomic E-state index is 12.8. The van der Waals surface area contributed by atoms with Crippen LogP contribution in [0, 0.1) is 22.7 Å². The lowest BCUT2D eigenvalue weighted by Gasteiger charge is -2.49. The Balaban J connectivity index is 1.94. The van der Waals surface area contributed by atoms with Gasteiger partial charge in [-0.1, -0.05) is 39.0 Å². The molecule has 2 aromatic rings. The maximum Gasteiger partial charge on any atom is 0.178 e. The zero-order valence-electron chi connectivity index (χ0n) is 17.0. The predicted molar refractivity (Wildman–Crippen MR) is 107 cm³/mol. The number of carbonyl (C=O) groups is 1. The molecule has 28 heavy (non-hydrogen) atoms. The summed E-state index contributed by atoms with van der Waals surface area (Å²) in [4.78, 5) is 12.8. The third-order valence-corrected chi connectivity index (χ3v) is 6.67. The first kappa shape index (κ1) is 18.5. The van der Waals surface area contributed by atoms with Crippen LogP contribution in [0.2, 0.25) is 0 Å². The van der Waals surface area contributed by atoms with Crippen LogP contribution in [0.4, 0.5) is 0 Å². The number of carbonyl (C=O) groups excluding carboxylic acids is 1. The van der Waals surface area contributed by atoms with Crippen LogP contribution in [-0.2, 0) is 23.7 Å². The number of methoxy groups -OCH3 is 1. The molecule has 5 heteroatoms. The van der Waals surface area contributed by atoms with Gasteiger partial charge < -0.3 is 4.74 Å². The van der Waals surface area contributed by atoms with E-state index in [9.17, 15) is 10.1 Å². The third kappa shape index (κ3) is 2.37. The number of nitrogens with zero attached hydrogens (tertiary/aromatic N) is 3. The Morgan fingerprint density at radius 3 is 2.75 bits per heavy atom. The molecule has 2 aliphatic rings. The van der Waals surface area contributed by atoms with Gasteiger partial charge in [-0.3, -0.25) is 9.48 Å². The van der Waals surface area contributed by atoms with Gasteiger partial charge in [-0.25, -0.2) is 0 Å². The number of rotatable bonds is 2. The molecule has 5 nitrogen and oxygen atoms in total. The number of hydrogen-bond acceptors (Lipinski definition) is 4. The van der Waals surface area contributed by atoms with E-state index in [2.05, 4.69) is 19.1 Å². The van der Waals surface area contributed by atoms with Crippen LogP contribution in [0.1, 0.15) is 38.4 Å². The fourth-order valence-electron chi connectivity index (χ4n) is 5.36. The molecule has 0 amide bonds. The Kier molecular flexibility index (Phi) is 4.01.